The van der Waals surface area contributed by atoms with Crippen LogP contribution in [0.3, 0.4) is 0 Å². The molecule has 20 heavy (non-hydrogen) atoms. The third-order valence-corrected chi connectivity index (χ3v) is 3.91. The number of hydrogen-bond donors (Lipinski definition) is 1. The van der Waals surface area contributed by atoms with Crippen molar-refractivity contribution in [3.8, 4) is 5.75 Å². The number of aromatic carboxylic acids is 1. The number of carboxylic acids is 1. The smallest absolute Gasteiger partial charge is 0.336 e. The van der Waals surface area contributed by atoms with Crippen molar-refractivity contribution in [2.75, 3.05) is 0 Å². The molecular weight excluding hydrogens is 274 g/mol. The first-order chi connectivity index (χ1) is 9.61. The van der Waals surface area contributed by atoms with Gasteiger partial charge in [-0.05, 0) is 31.9 Å². The van der Waals surface area contributed by atoms with Gasteiger partial charge in [-0.25, -0.2) is 9.78 Å². The predicted molar refractivity (Wildman–Crippen MR) is 78.6 cm³/mol. The van der Waals surface area contributed by atoms with Crippen LogP contribution in [0.1, 0.15) is 40.0 Å². The molecule has 1 N–H and O–H groups in total. The Balaban J connectivity index is 2.06. The second kappa shape index (κ2) is 6.52. The lowest BCUT2D eigenvalue weighted by molar-refractivity contribution is 0.0695. The first-order valence-electron chi connectivity index (χ1n) is 6.50. The van der Waals surface area contributed by atoms with Crippen molar-refractivity contribution in [2.45, 2.75) is 33.3 Å². The van der Waals surface area contributed by atoms with Crippen LogP contribution in [0.2, 0.25) is 0 Å². The number of aryl methyl sites for hydroxylation is 1. The average Bonchev–Trinajstić information content (AvgIpc) is 2.85. The van der Waals surface area contributed by atoms with Gasteiger partial charge in [0.25, 0.3) is 0 Å². The van der Waals surface area contributed by atoms with Gasteiger partial charge >= 0.3 is 5.97 Å². The lowest BCUT2D eigenvalue weighted by Crippen LogP contribution is -2.03. The minimum atomic E-state index is -0.938. The molecule has 0 saturated carbocycles. The molecule has 1 aromatic carbocycles. The summed E-state index contributed by atoms with van der Waals surface area (Å²) in [4.78, 5) is 15.5. The standard InChI is InChI=1S/C15H17NO3S/c1-3-5-14-16-11(9-20-14)8-19-13-7-4-6-12(10(13)2)15(17)18/h4,6-7,9H,3,5,8H2,1-2H3,(H,17,18). The zero-order chi connectivity index (χ0) is 14.5. The Hall–Kier alpha value is -1.88. The van der Waals surface area contributed by atoms with Gasteiger partial charge in [0.1, 0.15) is 12.4 Å². The molecule has 5 heteroatoms. The minimum absolute atomic E-state index is 0.271. The summed E-state index contributed by atoms with van der Waals surface area (Å²) in [7, 11) is 0. The molecule has 0 fully saturated rings. The van der Waals surface area contributed by atoms with Crippen LogP contribution in [0.5, 0.6) is 5.75 Å². The topological polar surface area (TPSA) is 59.4 Å². The lowest BCUT2D eigenvalue weighted by atomic mass is 10.1. The van der Waals surface area contributed by atoms with E-state index in [4.69, 9.17) is 9.84 Å². The fourth-order valence-electron chi connectivity index (χ4n) is 1.90. The van der Waals surface area contributed by atoms with Gasteiger partial charge in [-0.2, -0.15) is 0 Å². The Morgan fingerprint density at radius 2 is 2.25 bits per heavy atom. The molecule has 0 saturated heterocycles. The number of hydrogen-bond acceptors (Lipinski definition) is 4. The van der Waals surface area contributed by atoms with Gasteiger partial charge < -0.3 is 9.84 Å². The molecule has 0 amide bonds. The van der Waals surface area contributed by atoms with Crippen molar-refractivity contribution >= 4 is 17.3 Å². The van der Waals surface area contributed by atoms with Crippen LogP contribution in [0.15, 0.2) is 23.6 Å². The highest BCUT2D eigenvalue weighted by Gasteiger charge is 2.11. The van der Waals surface area contributed by atoms with Crippen molar-refractivity contribution in [1.29, 1.82) is 0 Å². The second-order valence-electron chi connectivity index (χ2n) is 4.51. The van der Waals surface area contributed by atoms with Crippen LogP contribution in [-0.2, 0) is 13.0 Å². The molecule has 2 aromatic rings. The van der Waals surface area contributed by atoms with Gasteiger partial charge in [0, 0.05) is 10.9 Å². The summed E-state index contributed by atoms with van der Waals surface area (Å²) in [6, 6.07) is 5.04. The van der Waals surface area contributed by atoms with Crippen molar-refractivity contribution in [3.05, 3.63) is 45.4 Å². The van der Waals surface area contributed by atoms with Crippen molar-refractivity contribution in [2.24, 2.45) is 0 Å². The van der Waals surface area contributed by atoms with Gasteiger partial charge in [-0.1, -0.05) is 13.0 Å². The van der Waals surface area contributed by atoms with E-state index in [1.807, 2.05) is 5.38 Å². The third-order valence-electron chi connectivity index (χ3n) is 2.95. The molecule has 1 aromatic heterocycles. The van der Waals surface area contributed by atoms with Crippen molar-refractivity contribution in [3.63, 3.8) is 0 Å². The Morgan fingerprint density at radius 1 is 1.45 bits per heavy atom. The summed E-state index contributed by atoms with van der Waals surface area (Å²) < 4.78 is 5.69. The average molecular weight is 291 g/mol. The number of thiazole rings is 1. The van der Waals surface area contributed by atoms with E-state index >= 15 is 0 Å². The van der Waals surface area contributed by atoms with Crippen LogP contribution in [0.25, 0.3) is 0 Å². The number of benzene rings is 1. The third kappa shape index (κ3) is 3.36. The maximum absolute atomic E-state index is 11.1. The molecular formula is C15H17NO3S. The lowest BCUT2D eigenvalue weighted by Gasteiger charge is -2.09. The Bertz CT molecular complexity index is 607. The Labute approximate surface area is 122 Å². The fraction of sp³-hybridized carbons (Fsp3) is 0.333. The van der Waals surface area contributed by atoms with E-state index in [1.165, 1.54) is 0 Å². The number of rotatable bonds is 6. The van der Waals surface area contributed by atoms with Crippen molar-refractivity contribution < 1.29 is 14.6 Å². The maximum atomic E-state index is 11.1. The largest absolute Gasteiger partial charge is 0.487 e. The molecule has 0 atom stereocenters. The van der Waals surface area contributed by atoms with Crippen LogP contribution in [0, 0.1) is 6.92 Å². The van der Waals surface area contributed by atoms with E-state index in [9.17, 15) is 4.79 Å². The normalized spacial score (nSPS) is 10.5. The summed E-state index contributed by atoms with van der Waals surface area (Å²) in [6.45, 7) is 4.24. The number of aromatic nitrogens is 1. The van der Waals surface area contributed by atoms with Crippen LogP contribution >= 0.6 is 11.3 Å². The van der Waals surface area contributed by atoms with E-state index in [2.05, 4.69) is 11.9 Å². The molecule has 2 rings (SSSR count). The van der Waals surface area contributed by atoms with E-state index in [0.29, 0.717) is 17.9 Å². The first kappa shape index (κ1) is 14.5. The van der Waals surface area contributed by atoms with Gasteiger partial charge in [-0.3, -0.25) is 0 Å². The Kier molecular flexibility index (Phi) is 4.74. The SMILES string of the molecule is CCCc1nc(COc2cccc(C(=O)O)c2C)cs1. The summed E-state index contributed by atoms with van der Waals surface area (Å²) in [5.74, 6) is -0.346. The zero-order valence-electron chi connectivity index (χ0n) is 11.5. The van der Waals surface area contributed by atoms with E-state index < -0.39 is 5.97 Å². The monoisotopic (exact) mass is 291 g/mol. The van der Waals surface area contributed by atoms with Gasteiger partial charge in [0.05, 0.1) is 16.3 Å². The zero-order valence-corrected chi connectivity index (χ0v) is 12.4. The Morgan fingerprint density at radius 3 is 2.95 bits per heavy atom. The van der Waals surface area contributed by atoms with Crippen LogP contribution < -0.4 is 4.74 Å². The molecule has 0 aliphatic carbocycles. The quantitative estimate of drug-likeness (QED) is 0.882. The predicted octanol–water partition coefficient (Wildman–Crippen LogP) is 3.68. The highest BCUT2D eigenvalue weighted by Crippen LogP contribution is 2.23. The highest BCUT2D eigenvalue weighted by atomic mass is 32.1. The molecule has 0 aliphatic rings. The maximum Gasteiger partial charge on any atom is 0.336 e. The fourth-order valence-corrected chi connectivity index (χ4v) is 2.78. The molecule has 0 radical (unpaired) electrons. The van der Waals surface area contributed by atoms with Crippen LogP contribution in [0.4, 0.5) is 0 Å². The number of carboxylic acid groups (broad SMARTS) is 1. The molecule has 0 spiro atoms. The summed E-state index contributed by atoms with van der Waals surface area (Å²) in [5, 5.41) is 12.2. The summed E-state index contributed by atoms with van der Waals surface area (Å²) >= 11 is 1.64. The first-order valence-corrected chi connectivity index (χ1v) is 7.38. The van der Waals surface area contributed by atoms with Gasteiger partial charge in [0.2, 0.25) is 0 Å². The summed E-state index contributed by atoms with van der Waals surface area (Å²) in [5.41, 5.74) is 1.80. The van der Waals surface area contributed by atoms with E-state index in [-0.39, 0.29) is 5.56 Å². The number of ether oxygens (including phenoxy) is 1. The molecule has 0 aliphatic heterocycles. The molecule has 1 heterocycles. The minimum Gasteiger partial charge on any atom is -0.487 e. The molecule has 106 valence electrons. The van der Waals surface area contributed by atoms with E-state index in [0.717, 1.165) is 23.5 Å². The molecule has 0 unspecified atom stereocenters. The van der Waals surface area contributed by atoms with Gasteiger partial charge in [0.15, 0.2) is 0 Å². The highest BCUT2D eigenvalue weighted by molar-refractivity contribution is 7.09. The van der Waals surface area contributed by atoms with Crippen LogP contribution in [-0.4, -0.2) is 16.1 Å². The molecule has 4 nitrogen and oxygen atoms in total. The number of nitrogens with zero attached hydrogens (tertiary/aromatic N) is 1. The van der Waals surface area contributed by atoms with E-state index in [1.54, 1.807) is 36.5 Å². The van der Waals surface area contributed by atoms with Crippen molar-refractivity contribution in [1.82, 2.24) is 4.98 Å². The summed E-state index contributed by atoms with van der Waals surface area (Å²) in [6.07, 6.45) is 2.06. The molecule has 0 bridgehead atoms. The number of carbonyl (C=O) groups is 1. The second-order valence-corrected chi connectivity index (χ2v) is 5.45. The van der Waals surface area contributed by atoms with Gasteiger partial charge in [-0.15, -0.1) is 11.3 Å².